The van der Waals surface area contributed by atoms with E-state index in [0.717, 1.165) is 16.8 Å². The van der Waals surface area contributed by atoms with Gasteiger partial charge in [0, 0.05) is 44.3 Å². The largest absolute Gasteiger partial charge is 0.497 e. The smallest absolute Gasteiger partial charge is 0.357 e. The second kappa shape index (κ2) is 7.46. The molecule has 150 valence electrons. The summed E-state index contributed by atoms with van der Waals surface area (Å²) in [5.74, 6) is 0.801. The summed E-state index contributed by atoms with van der Waals surface area (Å²) >= 11 is 0. The Balaban J connectivity index is 1.69. The molecule has 0 amide bonds. The summed E-state index contributed by atoms with van der Waals surface area (Å²) in [6, 6.07) is 15.2. The molecule has 29 heavy (non-hydrogen) atoms. The fraction of sp³-hybridized carbons (Fsp3) is 0.286. The highest BCUT2D eigenvalue weighted by molar-refractivity contribution is 5.96. The van der Waals surface area contributed by atoms with Crippen molar-refractivity contribution >= 4 is 28.0 Å². The van der Waals surface area contributed by atoms with Gasteiger partial charge < -0.3 is 19.1 Å². The van der Waals surface area contributed by atoms with Gasteiger partial charge in [0.2, 0.25) is 0 Å². The van der Waals surface area contributed by atoms with Crippen LogP contribution in [0.5, 0.6) is 5.75 Å². The average molecular weight is 394 g/mol. The average Bonchev–Trinajstić information content (AvgIpc) is 2.76. The number of benzene rings is 2. The van der Waals surface area contributed by atoms with E-state index in [1.165, 1.54) is 4.57 Å². The molecule has 3 aromatic rings. The van der Waals surface area contributed by atoms with Crippen LogP contribution in [0.3, 0.4) is 0 Å². The SMILES string of the molecule is COc1ccc(N2CCN(c3c([N+](=O)[O-])c(=O)n(C)c4ccccc34)CC2)cc1. The molecule has 0 bridgehead atoms. The lowest BCUT2D eigenvalue weighted by Gasteiger charge is -2.37. The number of ether oxygens (including phenoxy) is 1. The van der Waals surface area contributed by atoms with E-state index in [9.17, 15) is 14.9 Å². The zero-order valence-corrected chi connectivity index (χ0v) is 16.4. The number of anilines is 2. The highest BCUT2D eigenvalue weighted by Crippen LogP contribution is 2.34. The molecule has 0 spiro atoms. The fourth-order valence-corrected chi connectivity index (χ4v) is 3.93. The standard InChI is InChI=1S/C21H22N4O4/c1-22-18-6-4-3-5-17(18)19(20(21(22)26)25(27)28)24-13-11-23(12-14-24)15-7-9-16(29-2)10-8-15/h3-10H,11-14H2,1-2H3. The van der Waals surface area contributed by atoms with Crippen LogP contribution in [0.4, 0.5) is 17.1 Å². The second-order valence-corrected chi connectivity index (χ2v) is 7.01. The maximum atomic E-state index is 12.7. The number of piperazine rings is 1. The monoisotopic (exact) mass is 394 g/mol. The molecule has 2 heterocycles. The Morgan fingerprint density at radius 2 is 1.59 bits per heavy atom. The number of pyridine rings is 1. The topological polar surface area (TPSA) is 80.8 Å². The molecule has 8 nitrogen and oxygen atoms in total. The van der Waals surface area contributed by atoms with E-state index in [4.69, 9.17) is 4.74 Å². The van der Waals surface area contributed by atoms with Crippen LogP contribution in [0.1, 0.15) is 0 Å². The van der Waals surface area contributed by atoms with Gasteiger partial charge in [0.15, 0.2) is 0 Å². The zero-order valence-electron chi connectivity index (χ0n) is 16.4. The maximum absolute atomic E-state index is 12.7. The number of para-hydroxylation sites is 1. The molecule has 1 aliphatic rings. The molecule has 0 unspecified atom stereocenters. The van der Waals surface area contributed by atoms with Crippen molar-refractivity contribution in [3.8, 4) is 5.75 Å². The van der Waals surface area contributed by atoms with Gasteiger partial charge in [-0.05, 0) is 30.3 Å². The number of aryl methyl sites for hydroxylation is 1. The summed E-state index contributed by atoms with van der Waals surface area (Å²) in [4.78, 5) is 28.1. The second-order valence-electron chi connectivity index (χ2n) is 7.01. The van der Waals surface area contributed by atoms with Gasteiger partial charge in [-0.1, -0.05) is 18.2 Å². The third kappa shape index (κ3) is 3.26. The molecule has 1 saturated heterocycles. The van der Waals surface area contributed by atoms with Crippen LogP contribution in [0.2, 0.25) is 0 Å². The van der Waals surface area contributed by atoms with Crippen molar-refractivity contribution in [3.63, 3.8) is 0 Å². The lowest BCUT2D eigenvalue weighted by molar-refractivity contribution is -0.385. The van der Waals surface area contributed by atoms with Gasteiger partial charge in [-0.25, -0.2) is 0 Å². The molecule has 1 aromatic heterocycles. The number of fused-ring (bicyclic) bond motifs is 1. The van der Waals surface area contributed by atoms with E-state index in [1.807, 2.05) is 53.4 Å². The number of aromatic nitrogens is 1. The number of hydrogen-bond acceptors (Lipinski definition) is 6. The quantitative estimate of drug-likeness (QED) is 0.500. The molecule has 4 rings (SSSR count). The maximum Gasteiger partial charge on any atom is 0.357 e. The molecule has 0 atom stereocenters. The first-order valence-corrected chi connectivity index (χ1v) is 9.41. The minimum Gasteiger partial charge on any atom is -0.497 e. The molecule has 0 radical (unpaired) electrons. The van der Waals surface area contributed by atoms with Crippen LogP contribution in [0, 0.1) is 10.1 Å². The molecule has 2 aromatic carbocycles. The Morgan fingerprint density at radius 1 is 0.966 bits per heavy atom. The number of nitrogens with zero attached hydrogens (tertiary/aromatic N) is 4. The van der Waals surface area contributed by atoms with E-state index < -0.39 is 10.5 Å². The summed E-state index contributed by atoms with van der Waals surface area (Å²) in [5, 5.41) is 12.5. The Bertz CT molecular complexity index is 1120. The number of nitro groups is 1. The Labute approximate surface area is 167 Å². The van der Waals surface area contributed by atoms with Crippen molar-refractivity contribution < 1.29 is 9.66 Å². The highest BCUT2D eigenvalue weighted by Gasteiger charge is 2.30. The molecular formula is C21H22N4O4. The van der Waals surface area contributed by atoms with Gasteiger partial charge in [0.05, 0.1) is 17.5 Å². The predicted octanol–water partition coefficient (Wildman–Crippen LogP) is 2.78. The van der Waals surface area contributed by atoms with Crippen molar-refractivity contribution in [2.45, 2.75) is 0 Å². The molecule has 0 aliphatic carbocycles. The minimum absolute atomic E-state index is 0.357. The Hall–Kier alpha value is -3.55. The molecule has 0 N–H and O–H groups in total. The normalized spacial score (nSPS) is 14.3. The van der Waals surface area contributed by atoms with E-state index in [0.29, 0.717) is 37.4 Å². The van der Waals surface area contributed by atoms with Crippen molar-refractivity contribution in [3.05, 3.63) is 69.0 Å². The summed E-state index contributed by atoms with van der Waals surface area (Å²) < 4.78 is 6.56. The van der Waals surface area contributed by atoms with Gasteiger partial charge in [0.25, 0.3) is 0 Å². The molecule has 1 aliphatic heterocycles. The summed E-state index contributed by atoms with van der Waals surface area (Å²) in [6.07, 6.45) is 0. The van der Waals surface area contributed by atoms with Crippen molar-refractivity contribution in [2.75, 3.05) is 43.1 Å². The van der Waals surface area contributed by atoms with Crippen LogP contribution in [-0.4, -0.2) is 42.8 Å². The van der Waals surface area contributed by atoms with Crippen molar-refractivity contribution in [1.82, 2.24) is 4.57 Å². The van der Waals surface area contributed by atoms with Gasteiger partial charge in [-0.2, -0.15) is 0 Å². The van der Waals surface area contributed by atoms with E-state index >= 15 is 0 Å². The van der Waals surface area contributed by atoms with Gasteiger partial charge in [-0.3, -0.25) is 14.9 Å². The third-order valence-corrected chi connectivity index (χ3v) is 5.47. The lowest BCUT2D eigenvalue weighted by atomic mass is 10.1. The molecule has 8 heteroatoms. The molecular weight excluding hydrogens is 372 g/mol. The fourth-order valence-electron chi connectivity index (χ4n) is 3.93. The van der Waals surface area contributed by atoms with E-state index in [2.05, 4.69) is 4.90 Å². The zero-order chi connectivity index (χ0) is 20.5. The Morgan fingerprint density at radius 3 is 2.21 bits per heavy atom. The summed E-state index contributed by atoms with van der Waals surface area (Å²) in [7, 11) is 3.21. The molecule has 0 saturated carbocycles. The first-order chi connectivity index (χ1) is 14.0. The summed E-state index contributed by atoms with van der Waals surface area (Å²) in [5.41, 5.74) is 1.25. The van der Waals surface area contributed by atoms with Crippen molar-refractivity contribution in [2.24, 2.45) is 7.05 Å². The number of hydrogen-bond donors (Lipinski definition) is 0. The van der Waals surface area contributed by atoms with E-state index in [1.54, 1.807) is 14.2 Å². The minimum atomic E-state index is -0.582. The lowest BCUT2D eigenvalue weighted by Crippen LogP contribution is -2.47. The first-order valence-electron chi connectivity index (χ1n) is 9.41. The van der Waals surface area contributed by atoms with Crippen LogP contribution in [0.25, 0.3) is 10.9 Å². The Kier molecular flexibility index (Phi) is 4.84. The predicted molar refractivity (Wildman–Crippen MR) is 113 cm³/mol. The highest BCUT2D eigenvalue weighted by atomic mass is 16.6. The van der Waals surface area contributed by atoms with Gasteiger partial charge in [0.1, 0.15) is 11.4 Å². The number of methoxy groups -OCH3 is 1. The van der Waals surface area contributed by atoms with Crippen LogP contribution < -0.4 is 20.1 Å². The number of rotatable bonds is 4. The van der Waals surface area contributed by atoms with E-state index in [-0.39, 0.29) is 5.69 Å². The first kappa shape index (κ1) is 18.8. The van der Waals surface area contributed by atoms with Crippen LogP contribution >= 0.6 is 0 Å². The van der Waals surface area contributed by atoms with Crippen LogP contribution in [-0.2, 0) is 7.05 Å². The summed E-state index contributed by atoms with van der Waals surface area (Å²) in [6.45, 7) is 2.58. The van der Waals surface area contributed by atoms with Gasteiger partial charge >= 0.3 is 11.2 Å². The third-order valence-electron chi connectivity index (χ3n) is 5.47. The van der Waals surface area contributed by atoms with Crippen molar-refractivity contribution in [1.29, 1.82) is 0 Å². The van der Waals surface area contributed by atoms with Gasteiger partial charge in [-0.15, -0.1) is 0 Å². The van der Waals surface area contributed by atoms with Crippen LogP contribution in [0.15, 0.2) is 53.3 Å². The molecule has 1 fully saturated rings.